The molecule has 1 aliphatic heterocycles. The maximum absolute atomic E-state index is 12.2. The van der Waals surface area contributed by atoms with Crippen molar-refractivity contribution in [2.24, 2.45) is 11.8 Å². The van der Waals surface area contributed by atoms with E-state index in [-0.39, 0.29) is 5.56 Å². The average molecular weight is 357 g/mol. The molecule has 0 atom stereocenters. The lowest BCUT2D eigenvalue weighted by Crippen LogP contribution is -2.33. The first kappa shape index (κ1) is 16.5. The summed E-state index contributed by atoms with van der Waals surface area (Å²) in [6.45, 7) is 8.01. The molecule has 6 heteroatoms. The van der Waals surface area contributed by atoms with Crippen molar-refractivity contribution in [2.75, 3.05) is 32.0 Å². The van der Waals surface area contributed by atoms with Crippen LogP contribution in [0.5, 0.6) is 0 Å². The van der Waals surface area contributed by atoms with Gasteiger partial charge in [-0.05, 0) is 60.7 Å². The molecule has 2 heterocycles. The number of hydrogen-bond donors (Lipinski definition) is 1. The minimum atomic E-state index is -0.0583. The Morgan fingerprint density at radius 2 is 2.10 bits per heavy atom. The summed E-state index contributed by atoms with van der Waals surface area (Å²) in [4.78, 5) is 14.6. The third kappa shape index (κ3) is 4.54. The first-order valence-electron chi connectivity index (χ1n) is 7.65. The largest absolute Gasteiger partial charge is 0.382 e. The van der Waals surface area contributed by atoms with Crippen LogP contribution in [-0.2, 0) is 6.54 Å². The van der Waals surface area contributed by atoms with Crippen molar-refractivity contribution >= 4 is 21.6 Å². The van der Waals surface area contributed by atoms with Gasteiger partial charge >= 0.3 is 0 Å². The zero-order chi connectivity index (χ0) is 15.4. The molecule has 1 N–H and O–H groups in total. The zero-order valence-electron chi connectivity index (χ0n) is 13.1. The maximum Gasteiger partial charge on any atom is 0.283 e. The number of likely N-dealkylation sites (tertiary alicyclic amines) is 1. The monoisotopic (exact) mass is 356 g/mol. The second-order valence-electron chi connectivity index (χ2n) is 6.38. The van der Waals surface area contributed by atoms with Gasteiger partial charge in [-0.25, -0.2) is 4.68 Å². The van der Waals surface area contributed by atoms with Crippen LogP contribution < -0.4 is 10.9 Å². The van der Waals surface area contributed by atoms with Crippen molar-refractivity contribution in [3.63, 3.8) is 0 Å². The molecule has 0 bridgehead atoms. The number of piperidine rings is 1. The van der Waals surface area contributed by atoms with E-state index in [1.165, 1.54) is 17.5 Å². The molecule has 0 aromatic carbocycles. The number of aromatic nitrogens is 2. The van der Waals surface area contributed by atoms with Gasteiger partial charge in [0.1, 0.15) is 4.47 Å². The molecule has 0 aliphatic carbocycles. The van der Waals surface area contributed by atoms with Gasteiger partial charge in [0.05, 0.1) is 11.9 Å². The van der Waals surface area contributed by atoms with Crippen molar-refractivity contribution in [3.05, 3.63) is 21.0 Å². The fourth-order valence-corrected chi connectivity index (χ4v) is 3.03. The molecule has 1 saturated heterocycles. The predicted octanol–water partition coefficient (Wildman–Crippen LogP) is 2.42. The number of rotatable bonds is 5. The van der Waals surface area contributed by atoms with Gasteiger partial charge < -0.3 is 10.2 Å². The van der Waals surface area contributed by atoms with Crippen LogP contribution in [0.2, 0.25) is 0 Å². The summed E-state index contributed by atoms with van der Waals surface area (Å²) in [5.41, 5.74) is 0.746. The summed E-state index contributed by atoms with van der Waals surface area (Å²) >= 11 is 3.41. The molecular formula is C15H25BrN4O. The minimum Gasteiger partial charge on any atom is -0.382 e. The molecule has 1 aromatic rings. The molecule has 118 valence electrons. The number of anilines is 1. The molecule has 2 rings (SSSR count). The van der Waals surface area contributed by atoms with Gasteiger partial charge in [0, 0.05) is 13.1 Å². The summed E-state index contributed by atoms with van der Waals surface area (Å²) in [5, 5.41) is 7.64. The predicted molar refractivity (Wildman–Crippen MR) is 89.7 cm³/mol. The molecule has 1 fully saturated rings. The van der Waals surface area contributed by atoms with E-state index >= 15 is 0 Å². The Bertz CT molecular complexity index is 521. The lowest BCUT2D eigenvalue weighted by atomic mass is 9.97. The van der Waals surface area contributed by atoms with E-state index in [0.717, 1.165) is 25.3 Å². The van der Waals surface area contributed by atoms with Crippen molar-refractivity contribution < 1.29 is 0 Å². The van der Waals surface area contributed by atoms with Crippen LogP contribution in [0.3, 0.4) is 0 Å². The fraction of sp³-hybridized carbons (Fsp3) is 0.733. The van der Waals surface area contributed by atoms with E-state index < -0.39 is 0 Å². The molecule has 0 spiro atoms. The molecule has 1 aliphatic rings. The second kappa shape index (κ2) is 7.40. The quantitative estimate of drug-likeness (QED) is 0.879. The number of hydrogen-bond acceptors (Lipinski definition) is 4. The van der Waals surface area contributed by atoms with Crippen LogP contribution in [-0.4, -0.2) is 41.4 Å². The third-order valence-corrected chi connectivity index (χ3v) is 4.71. The normalized spacial score (nSPS) is 17.4. The van der Waals surface area contributed by atoms with Crippen molar-refractivity contribution in [3.8, 4) is 0 Å². The Kier molecular flexibility index (Phi) is 5.81. The lowest BCUT2D eigenvalue weighted by molar-refractivity contribution is 0.226. The molecule has 0 amide bonds. The summed E-state index contributed by atoms with van der Waals surface area (Å²) in [6.07, 6.45) is 4.17. The highest BCUT2D eigenvalue weighted by atomic mass is 79.9. The van der Waals surface area contributed by atoms with Crippen LogP contribution >= 0.6 is 15.9 Å². The van der Waals surface area contributed by atoms with Crippen molar-refractivity contribution in [1.29, 1.82) is 0 Å². The lowest BCUT2D eigenvalue weighted by Gasteiger charge is -2.29. The molecule has 21 heavy (non-hydrogen) atoms. The average Bonchev–Trinajstić information content (AvgIpc) is 2.44. The SMILES string of the molecule is CC(C)Cn1ncc(NCC2CCN(C)CC2)c(Br)c1=O. The first-order chi connectivity index (χ1) is 9.97. The topological polar surface area (TPSA) is 50.2 Å². The minimum absolute atomic E-state index is 0.0583. The number of halogens is 1. The van der Waals surface area contributed by atoms with Gasteiger partial charge in [-0.1, -0.05) is 13.8 Å². The van der Waals surface area contributed by atoms with Gasteiger partial charge in [-0.3, -0.25) is 4.79 Å². The van der Waals surface area contributed by atoms with E-state index in [1.807, 2.05) is 0 Å². The van der Waals surface area contributed by atoms with Gasteiger partial charge in [0.15, 0.2) is 0 Å². The maximum atomic E-state index is 12.2. The number of nitrogens with one attached hydrogen (secondary N) is 1. The van der Waals surface area contributed by atoms with Gasteiger partial charge in [0.25, 0.3) is 5.56 Å². The molecule has 0 saturated carbocycles. The Balaban J connectivity index is 1.98. The van der Waals surface area contributed by atoms with Crippen LogP contribution in [0.15, 0.2) is 15.5 Å². The van der Waals surface area contributed by atoms with Gasteiger partial charge in [0.2, 0.25) is 0 Å². The summed E-state index contributed by atoms with van der Waals surface area (Å²) in [5.74, 6) is 1.08. The first-order valence-corrected chi connectivity index (χ1v) is 8.44. The summed E-state index contributed by atoms with van der Waals surface area (Å²) in [7, 11) is 2.17. The molecular weight excluding hydrogens is 332 g/mol. The highest BCUT2D eigenvalue weighted by Crippen LogP contribution is 2.20. The standard InChI is InChI=1S/C15H25BrN4O/c1-11(2)10-20-15(21)14(16)13(9-18-20)17-8-12-4-6-19(3)7-5-12/h9,11-12,17H,4-8,10H2,1-3H3. The van der Waals surface area contributed by atoms with E-state index in [1.54, 1.807) is 6.20 Å². The molecule has 1 aromatic heterocycles. The third-order valence-electron chi connectivity index (χ3n) is 3.94. The Morgan fingerprint density at radius 3 is 2.71 bits per heavy atom. The van der Waals surface area contributed by atoms with Crippen molar-refractivity contribution in [2.45, 2.75) is 33.2 Å². The summed E-state index contributed by atoms with van der Waals surface area (Å²) in [6, 6.07) is 0. The highest BCUT2D eigenvalue weighted by Gasteiger charge is 2.17. The highest BCUT2D eigenvalue weighted by molar-refractivity contribution is 9.10. The van der Waals surface area contributed by atoms with E-state index in [9.17, 15) is 4.79 Å². The van der Waals surface area contributed by atoms with Crippen LogP contribution in [0.4, 0.5) is 5.69 Å². The molecule has 5 nitrogen and oxygen atoms in total. The van der Waals surface area contributed by atoms with Gasteiger partial charge in [-0.15, -0.1) is 0 Å². The molecule has 0 radical (unpaired) electrons. The van der Waals surface area contributed by atoms with Gasteiger partial charge in [-0.2, -0.15) is 5.10 Å². The Morgan fingerprint density at radius 1 is 1.43 bits per heavy atom. The van der Waals surface area contributed by atoms with E-state index in [0.29, 0.717) is 22.9 Å². The Labute approximate surface area is 134 Å². The van der Waals surface area contributed by atoms with E-state index in [4.69, 9.17) is 0 Å². The summed E-state index contributed by atoms with van der Waals surface area (Å²) < 4.78 is 2.11. The number of nitrogens with zero attached hydrogens (tertiary/aromatic N) is 3. The molecule has 0 unspecified atom stereocenters. The van der Waals surface area contributed by atoms with Crippen molar-refractivity contribution in [1.82, 2.24) is 14.7 Å². The second-order valence-corrected chi connectivity index (χ2v) is 7.17. The smallest absolute Gasteiger partial charge is 0.283 e. The fourth-order valence-electron chi connectivity index (χ4n) is 2.58. The zero-order valence-corrected chi connectivity index (χ0v) is 14.7. The van der Waals surface area contributed by atoms with E-state index in [2.05, 4.69) is 52.1 Å². The van der Waals surface area contributed by atoms with Crippen LogP contribution in [0.25, 0.3) is 0 Å². The van der Waals surface area contributed by atoms with Crippen LogP contribution in [0.1, 0.15) is 26.7 Å². The van der Waals surface area contributed by atoms with Crippen LogP contribution in [0, 0.1) is 11.8 Å². The Hall–Kier alpha value is -0.880.